The van der Waals surface area contributed by atoms with E-state index >= 15 is 8.78 Å². The van der Waals surface area contributed by atoms with Crippen LogP contribution in [0.2, 0.25) is 5.02 Å². The lowest BCUT2D eigenvalue weighted by Crippen LogP contribution is -2.57. The van der Waals surface area contributed by atoms with Crippen molar-refractivity contribution in [3.63, 3.8) is 0 Å². The standard InChI is InChI=1S/C27H28ClF3N6O2/c1-27(17-6-5-7-18(28)23(17)30)14-37(25-19(29)12-35(4)33-25)26(39)16-8-9-20(24(31)22(16)27)32-15-10-36(11-15)13-21(38)34(2)3/h5-9,12,15,32H,10-11,13-14H2,1-4H3/t27-/m0/s1. The number of aryl methyl sites for hydroxylation is 1. The highest BCUT2D eigenvalue weighted by Gasteiger charge is 2.47. The zero-order valence-corrected chi connectivity index (χ0v) is 22.7. The van der Waals surface area contributed by atoms with Crippen molar-refractivity contribution in [1.82, 2.24) is 19.6 Å². The Kier molecular flexibility index (Phi) is 6.84. The summed E-state index contributed by atoms with van der Waals surface area (Å²) in [5.74, 6) is -3.09. The number of fused-ring (bicyclic) bond motifs is 1. The van der Waals surface area contributed by atoms with Crippen LogP contribution < -0.4 is 10.2 Å². The molecule has 0 bridgehead atoms. The number of nitrogens with one attached hydrogen (secondary N) is 1. The van der Waals surface area contributed by atoms with E-state index in [0.717, 1.165) is 11.1 Å². The van der Waals surface area contributed by atoms with Crippen LogP contribution in [0, 0.1) is 17.5 Å². The molecule has 2 aliphatic heterocycles. The van der Waals surface area contributed by atoms with E-state index in [1.165, 1.54) is 40.9 Å². The second-order valence-electron chi connectivity index (χ2n) is 10.5. The molecule has 0 unspecified atom stereocenters. The Hall–Kier alpha value is -3.57. The number of aromatic nitrogens is 2. The number of likely N-dealkylation sites (N-methyl/N-ethyl adjacent to an activating group) is 1. The number of rotatable bonds is 6. The lowest BCUT2D eigenvalue weighted by atomic mass is 9.70. The third kappa shape index (κ3) is 4.63. The second-order valence-corrected chi connectivity index (χ2v) is 10.9. The van der Waals surface area contributed by atoms with E-state index in [4.69, 9.17) is 11.6 Å². The molecule has 1 atom stereocenters. The maximum atomic E-state index is 16.3. The number of benzene rings is 2. The third-order valence-electron chi connectivity index (χ3n) is 7.39. The van der Waals surface area contributed by atoms with Gasteiger partial charge in [0.25, 0.3) is 5.91 Å². The van der Waals surface area contributed by atoms with Gasteiger partial charge in [0.1, 0.15) is 5.82 Å². The van der Waals surface area contributed by atoms with Gasteiger partial charge in [0.2, 0.25) is 5.91 Å². The molecule has 1 aromatic heterocycles. The van der Waals surface area contributed by atoms with Crippen molar-refractivity contribution >= 4 is 34.9 Å². The lowest BCUT2D eigenvalue weighted by molar-refractivity contribution is -0.130. The summed E-state index contributed by atoms with van der Waals surface area (Å²) in [6, 6.07) is 7.20. The zero-order valence-electron chi connectivity index (χ0n) is 21.9. The van der Waals surface area contributed by atoms with Crippen LogP contribution in [0.4, 0.5) is 24.7 Å². The fraction of sp³-hybridized carbons (Fsp3) is 0.370. The minimum atomic E-state index is -1.44. The van der Waals surface area contributed by atoms with E-state index in [9.17, 15) is 14.0 Å². The molecule has 206 valence electrons. The van der Waals surface area contributed by atoms with Crippen molar-refractivity contribution in [1.29, 1.82) is 0 Å². The fourth-order valence-electron chi connectivity index (χ4n) is 5.31. The van der Waals surface area contributed by atoms with Gasteiger partial charge in [0.05, 0.1) is 29.5 Å². The molecule has 3 heterocycles. The molecule has 0 spiro atoms. The van der Waals surface area contributed by atoms with Crippen LogP contribution in [0.15, 0.2) is 36.5 Å². The van der Waals surface area contributed by atoms with Gasteiger partial charge < -0.3 is 10.2 Å². The Morgan fingerprint density at radius 1 is 1.18 bits per heavy atom. The molecule has 3 aromatic rings. The molecule has 12 heteroatoms. The monoisotopic (exact) mass is 560 g/mol. The van der Waals surface area contributed by atoms with Crippen LogP contribution in [0.5, 0.6) is 0 Å². The predicted octanol–water partition coefficient (Wildman–Crippen LogP) is 3.64. The summed E-state index contributed by atoms with van der Waals surface area (Å²) in [6.07, 6.45) is 1.12. The van der Waals surface area contributed by atoms with E-state index in [1.807, 2.05) is 4.90 Å². The van der Waals surface area contributed by atoms with Crippen LogP contribution >= 0.6 is 11.6 Å². The summed E-state index contributed by atoms with van der Waals surface area (Å²) < 4.78 is 47.7. The molecular weight excluding hydrogens is 533 g/mol. The van der Waals surface area contributed by atoms with E-state index in [0.29, 0.717) is 13.1 Å². The number of likely N-dealkylation sites (tertiary alicyclic amines) is 1. The molecule has 39 heavy (non-hydrogen) atoms. The Labute approximate surface area is 228 Å². The Bertz CT molecular complexity index is 1470. The van der Waals surface area contributed by atoms with E-state index in [2.05, 4.69) is 10.4 Å². The number of hydrogen-bond donors (Lipinski definition) is 1. The SMILES string of the molecule is CN(C)C(=O)CN1CC(Nc2ccc3c(c2F)[C@](C)(c2cccc(Cl)c2F)CN(c2nn(C)cc2F)C3=O)C1. The summed E-state index contributed by atoms with van der Waals surface area (Å²) in [7, 11) is 4.88. The van der Waals surface area contributed by atoms with E-state index in [-0.39, 0.29) is 58.3 Å². The van der Waals surface area contributed by atoms with Crippen LogP contribution in [0.1, 0.15) is 28.4 Å². The molecule has 2 aliphatic rings. The number of carbonyl (C=O) groups is 2. The zero-order chi connectivity index (χ0) is 28.2. The second kappa shape index (κ2) is 9.87. The quantitative estimate of drug-likeness (QED) is 0.498. The summed E-state index contributed by atoms with van der Waals surface area (Å²) in [4.78, 5) is 30.1. The van der Waals surface area contributed by atoms with Crippen LogP contribution in [0.25, 0.3) is 0 Å². The van der Waals surface area contributed by atoms with Gasteiger partial charge in [-0.3, -0.25) is 24.1 Å². The van der Waals surface area contributed by atoms with Crippen molar-refractivity contribution in [3.05, 3.63) is 75.7 Å². The van der Waals surface area contributed by atoms with E-state index in [1.54, 1.807) is 27.1 Å². The number of carbonyl (C=O) groups excluding carboxylic acids is 2. The Morgan fingerprint density at radius 3 is 2.54 bits per heavy atom. The van der Waals surface area contributed by atoms with Crippen molar-refractivity contribution in [2.45, 2.75) is 18.4 Å². The summed E-state index contributed by atoms with van der Waals surface area (Å²) in [5, 5.41) is 7.08. The number of amides is 2. The largest absolute Gasteiger partial charge is 0.377 e. The Balaban J connectivity index is 1.54. The summed E-state index contributed by atoms with van der Waals surface area (Å²) >= 11 is 6.10. The Morgan fingerprint density at radius 2 is 1.90 bits per heavy atom. The molecule has 0 aliphatic carbocycles. The molecule has 2 aromatic carbocycles. The number of hydrogen-bond acceptors (Lipinski definition) is 5. The van der Waals surface area contributed by atoms with Crippen molar-refractivity contribution in [2.75, 3.05) is 50.5 Å². The fourth-order valence-corrected chi connectivity index (χ4v) is 5.49. The molecule has 2 amide bonds. The van der Waals surface area contributed by atoms with Crippen molar-refractivity contribution in [2.24, 2.45) is 7.05 Å². The number of nitrogens with zero attached hydrogens (tertiary/aromatic N) is 5. The third-order valence-corrected chi connectivity index (χ3v) is 7.68. The predicted molar refractivity (Wildman–Crippen MR) is 142 cm³/mol. The minimum Gasteiger partial charge on any atom is -0.377 e. The highest BCUT2D eigenvalue weighted by atomic mass is 35.5. The topological polar surface area (TPSA) is 73.7 Å². The minimum absolute atomic E-state index is 0.00905. The van der Waals surface area contributed by atoms with Crippen molar-refractivity contribution < 1.29 is 22.8 Å². The molecule has 1 fully saturated rings. The first-order valence-corrected chi connectivity index (χ1v) is 12.8. The summed E-state index contributed by atoms with van der Waals surface area (Å²) in [5.41, 5.74) is -1.25. The van der Waals surface area contributed by atoms with Gasteiger partial charge in [-0.25, -0.2) is 13.2 Å². The van der Waals surface area contributed by atoms with Gasteiger partial charge in [-0.2, -0.15) is 5.10 Å². The lowest BCUT2D eigenvalue weighted by Gasteiger charge is -2.43. The van der Waals surface area contributed by atoms with Crippen LogP contribution in [-0.2, 0) is 17.3 Å². The summed E-state index contributed by atoms with van der Waals surface area (Å²) in [6.45, 7) is 2.65. The van der Waals surface area contributed by atoms with Gasteiger partial charge in [-0.15, -0.1) is 0 Å². The van der Waals surface area contributed by atoms with Gasteiger partial charge in [-0.1, -0.05) is 23.7 Å². The average Bonchev–Trinajstić information content (AvgIpc) is 3.19. The number of halogens is 4. The first-order chi connectivity index (χ1) is 18.4. The normalized spacial score (nSPS) is 19.6. The molecule has 0 saturated carbocycles. The maximum Gasteiger partial charge on any atom is 0.260 e. The van der Waals surface area contributed by atoms with E-state index < -0.39 is 28.8 Å². The van der Waals surface area contributed by atoms with Crippen LogP contribution in [0.3, 0.4) is 0 Å². The molecule has 0 radical (unpaired) electrons. The van der Waals surface area contributed by atoms with Crippen LogP contribution in [-0.4, -0.2) is 77.7 Å². The van der Waals surface area contributed by atoms with Gasteiger partial charge in [-0.05, 0) is 25.1 Å². The first kappa shape index (κ1) is 27.0. The highest BCUT2D eigenvalue weighted by Crippen LogP contribution is 2.45. The maximum absolute atomic E-state index is 16.3. The average molecular weight is 561 g/mol. The molecule has 8 nitrogen and oxygen atoms in total. The molecular formula is C27H28ClF3N6O2. The molecule has 1 saturated heterocycles. The van der Waals surface area contributed by atoms with Gasteiger partial charge in [0, 0.05) is 62.9 Å². The van der Waals surface area contributed by atoms with Crippen molar-refractivity contribution in [3.8, 4) is 0 Å². The van der Waals surface area contributed by atoms with Gasteiger partial charge >= 0.3 is 0 Å². The van der Waals surface area contributed by atoms with Gasteiger partial charge in [0.15, 0.2) is 17.5 Å². The number of anilines is 2. The molecule has 1 N–H and O–H groups in total. The first-order valence-electron chi connectivity index (χ1n) is 12.4. The highest BCUT2D eigenvalue weighted by molar-refractivity contribution is 6.30. The smallest absolute Gasteiger partial charge is 0.260 e. The molecule has 5 rings (SSSR count).